The zero-order chi connectivity index (χ0) is 23.1. The van der Waals surface area contributed by atoms with E-state index in [4.69, 9.17) is 4.42 Å². The molecular formula is C23H20N4O5S. The van der Waals surface area contributed by atoms with Crippen LogP contribution in [0, 0.1) is 17.0 Å². The molecule has 2 N–H and O–H groups in total. The molecule has 1 atom stereocenters. The van der Waals surface area contributed by atoms with E-state index < -0.39 is 10.8 Å². The van der Waals surface area contributed by atoms with Gasteiger partial charge in [-0.1, -0.05) is 23.9 Å². The minimum atomic E-state index is -0.595. The molecule has 168 valence electrons. The Hall–Kier alpha value is -3.66. The third-order valence-electron chi connectivity index (χ3n) is 5.80. The van der Waals surface area contributed by atoms with Gasteiger partial charge in [0.15, 0.2) is 10.9 Å². The Kier molecular flexibility index (Phi) is 5.37. The minimum absolute atomic E-state index is 0.0180. The number of furan rings is 1. The first-order valence-corrected chi connectivity index (χ1v) is 11.5. The van der Waals surface area contributed by atoms with Crippen molar-refractivity contribution in [1.29, 1.82) is 0 Å². The average Bonchev–Trinajstić information content (AvgIpc) is 3.22. The third-order valence-corrected chi connectivity index (χ3v) is 6.75. The number of Topliss-reactive ketones (excluding diaryl/α,β-unsaturated/α-hetero) is 1. The second kappa shape index (κ2) is 8.36. The standard InChI is InChI=1S/C23H20N4O5S/c1-12-5-10-17(32-12)19-18-15(3-2-4-16(18)28)24-21-20(19)22(29)26-23(25-21)33-11-13-6-8-14(9-7-13)27(30)31/h5-10,19H,2-4,11H2,1H3,(H2,24,25,26,29). The molecule has 0 saturated carbocycles. The summed E-state index contributed by atoms with van der Waals surface area (Å²) in [6.45, 7) is 1.82. The van der Waals surface area contributed by atoms with Gasteiger partial charge in [0.25, 0.3) is 11.2 Å². The number of nitrogens with one attached hydrogen (secondary N) is 2. The van der Waals surface area contributed by atoms with Crippen molar-refractivity contribution in [3.8, 4) is 0 Å². The number of allylic oxidation sites excluding steroid dienone is 2. The van der Waals surface area contributed by atoms with Crippen LogP contribution in [0.3, 0.4) is 0 Å². The van der Waals surface area contributed by atoms with E-state index >= 15 is 0 Å². The van der Waals surface area contributed by atoms with E-state index in [1.165, 1.54) is 23.9 Å². The largest absolute Gasteiger partial charge is 0.465 e. The van der Waals surface area contributed by atoms with Crippen molar-refractivity contribution in [2.24, 2.45) is 0 Å². The Bertz CT molecular complexity index is 1360. The van der Waals surface area contributed by atoms with Gasteiger partial charge in [0.2, 0.25) is 0 Å². The van der Waals surface area contributed by atoms with Crippen molar-refractivity contribution < 1.29 is 14.1 Å². The topological polar surface area (TPSA) is 131 Å². The molecule has 5 rings (SSSR count). The van der Waals surface area contributed by atoms with Gasteiger partial charge < -0.3 is 14.7 Å². The zero-order valence-corrected chi connectivity index (χ0v) is 18.5. The number of non-ortho nitro benzene ring substituents is 1. The van der Waals surface area contributed by atoms with Crippen LogP contribution in [0.1, 0.15) is 47.8 Å². The molecule has 3 aromatic rings. The number of nitro benzene ring substituents is 1. The quantitative estimate of drug-likeness (QED) is 0.245. The number of H-pyrrole nitrogens is 1. The molecule has 0 bridgehead atoms. The number of carbonyl (C=O) groups is 1. The van der Waals surface area contributed by atoms with Crippen LogP contribution in [-0.4, -0.2) is 20.7 Å². The number of carbonyl (C=O) groups excluding carboxylic acids is 1. The Morgan fingerprint density at radius 2 is 1.97 bits per heavy atom. The summed E-state index contributed by atoms with van der Waals surface area (Å²) in [6, 6.07) is 9.88. The number of hydrogen-bond donors (Lipinski definition) is 2. The molecule has 3 heterocycles. The monoisotopic (exact) mass is 464 g/mol. The lowest BCUT2D eigenvalue weighted by Gasteiger charge is -2.31. The van der Waals surface area contributed by atoms with Gasteiger partial charge in [0.05, 0.1) is 16.4 Å². The van der Waals surface area contributed by atoms with Crippen molar-refractivity contribution in [3.63, 3.8) is 0 Å². The molecule has 9 nitrogen and oxygen atoms in total. The number of nitro groups is 1. The van der Waals surface area contributed by atoms with Gasteiger partial charge in [-0.15, -0.1) is 0 Å². The van der Waals surface area contributed by atoms with E-state index in [0.717, 1.165) is 17.7 Å². The van der Waals surface area contributed by atoms with Crippen LogP contribution in [0.2, 0.25) is 0 Å². The van der Waals surface area contributed by atoms with Gasteiger partial charge in [-0.25, -0.2) is 4.98 Å². The molecule has 0 saturated heterocycles. The van der Waals surface area contributed by atoms with Crippen LogP contribution in [0.25, 0.3) is 0 Å². The highest BCUT2D eigenvalue weighted by molar-refractivity contribution is 7.98. The van der Waals surface area contributed by atoms with Crippen molar-refractivity contribution in [3.05, 3.63) is 90.8 Å². The highest BCUT2D eigenvalue weighted by atomic mass is 32.2. The van der Waals surface area contributed by atoms with Crippen LogP contribution in [-0.2, 0) is 10.5 Å². The van der Waals surface area contributed by atoms with Crippen molar-refractivity contribution in [2.75, 3.05) is 5.32 Å². The predicted octanol–water partition coefficient (Wildman–Crippen LogP) is 4.44. The fourth-order valence-corrected chi connectivity index (χ4v) is 5.08. The number of ketones is 1. The second-order valence-electron chi connectivity index (χ2n) is 8.02. The van der Waals surface area contributed by atoms with Crippen LogP contribution in [0.4, 0.5) is 11.5 Å². The maximum Gasteiger partial charge on any atom is 0.269 e. The van der Waals surface area contributed by atoms with Crippen LogP contribution < -0.4 is 10.9 Å². The molecule has 1 aliphatic heterocycles. The number of thioether (sulfide) groups is 1. The Labute approximate surface area is 192 Å². The summed E-state index contributed by atoms with van der Waals surface area (Å²) in [5, 5.41) is 14.5. The Morgan fingerprint density at radius 3 is 2.67 bits per heavy atom. The van der Waals surface area contributed by atoms with Gasteiger partial charge in [0.1, 0.15) is 17.3 Å². The summed E-state index contributed by atoms with van der Waals surface area (Å²) in [5.74, 6) is 1.59. The van der Waals surface area contributed by atoms with Crippen LogP contribution in [0.15, 0.2) is 62.0 Å². The molecule has 0 fully saturated rings. The summed E-state index contributed by atoms with van der Waals surface area (Å²) in [4.78, 5) is 43.8. The highest BCUT2D eigenvalue weighted by Crippen LogP contribution is 2.43. The van der Waals surface area contributed by atoms with E-state index in [-0.39, 0.29) is 17.0 Å². The number of aromatic amines is 1. The lowest BCUT2D eigenvalue weighted by atomic mass is 9.79. The maximum atomic E-state index is 13.2. The normalized spacial score (nSPS) is 17.4. The SMILES string of the molecule is Cc1ccc(C2C3=C(CCCC3=O)Nc3nc(SCc4ccc([N+](=O)[O-])cc4)[nH]c(=O)c32)o1. The van der Waals surface area contributed by atoms with Gasteiger partial charge in [-0.3, -0.25) is 19.7 Å². The number of nitrogens with zero attached hydrogens (tertiary/aromatic N) is 2. The number of hydrogen-bond acceptors (Lipinski definition) is 8. The first kappa shape index (κ1) is 21.2. The van der Waals surface area contributed by atoms with Crippen molar-refractivity contribution in [1.82, 2.24) is 9.97 Å². The summed E-state index contributed by atoms with van der Waals surface area (Å²) < 4.78 is 5.85. The number of aryl methyl sites for hydroxylation is 1. The van der Waals surface area contributed by atoms with Gasteiger partial charge >= 0.3 is 0 Å². The number of fused-ring (bicyclic) bond motifs is 1. The first-order valence-electron chi connectivity index (χ1n) is 10.5. The van der Waals surface area contributed by atoms with Gasteiger partial charge in [0, 0.05) is 35.6 Å². The number of anilines is 1. The van der Waals surface area contributed by atoms with Gasteiger partial charge in [-0.2, -0.15) is 0 Å². The Morgan fingerprint density at radius 1 is 1.18 bits per heavy atom. The molecular weight excluding hydrogens is 444 g/mol. The summed E-state index contributed by atoms with van der Waals surface area (Å²) >= 11 is 1.32. The number of rotatable bonds is 5. The lowest BCUT2D eigenvalue weighted by molar-refractivity contribution is -0.384. The lowest BCUT2D eigenvalue weighted by Crippen LogP contribution is -2.32. The molecule has 10 heteroatoms. The van der Waals surface area contributed by atoms with Crippen LogP contribution >= 0.6 is 11.8 Å². The minimum Gasteiger partial charge on any atom is -0.465 e. The van der Waals surface area contributed by atoms with Crippen molar-refractivity contribution >= 4 is 29.1 Å². The molecule has 33 heavy (non-hydrogen) atoms. The number of aromatic nitrogens is 2. The molecule has 0 spiro atoms. The molecule has 2 aromatic heterocycles. The summed E-state index contributed by atoms with van der Waals surface area (Å²) in [6.07, 6.45) is 1.89. The zero-order valence-electron chi connectivity index (χ0n) is 17.7. The molecule has 0 radical (unpaired) electrons. The summed E-state index contributed by atoms with van der Waals surface area (Å²) in [5.41, 5.74) is 2.31. The molecule has 1 aliphatic carbocycles. The molecule has 0 amide bonds. The van der Waals surface area contributed by atoms with E-state index in [0.29, 0.717) is 52.2 Å². The molecule has 2 aliphatic rings. The van der Waals surface area contributed by atoms with Crippen molar-refractivity contribution in [2.45, 2.75) is 43.0 Å². The molecule has 1 unspecified atom stereocenters. The van der Waals surface area contributed by atoms with E-state index in [2.05, 4.69) is 15.3 Å². The smallest absolute Gasteiger partial charge is 0.269 e. The van der Waals surface area contributed by atoms with E-state index in [1.54, 1.807) is 18.2 Å². The average molecular weight is 465 g/mol. The highest BCUT2D eigenvalue weighted by Gasteiger charge is 2.39. The first-order chi connectivity index (χ1) is 15.9. The van der Waals surface area contributed by atoms with Gasteiger partial charge in [-0.05, 0) is 37.5 Å². The molecule has 1 aromatic carbocycles. The van der Waals surface area contributed by atoms with Crippen LogP contribution in [0.5, 0.6) is 0 Å². The predicted molar refractivity (Wildman–Crippen MR) is 122 cm³/mol. The third kappa shape index (κ3) is 3.97. The van der Waals surface area contributed by atoms with E-state index in [9.17, 15) is 19.7 Å². The maximum absolute atomic E-state index is 13.2. The number of benzene rings is 1. The fraction of sp³-hybridized carbons (Fsp3) is 0.261. The van der Waals surface area contributed by atoms with E-state index in [1.807, 2.05) is 13.0 Å². The summed E-state index contributed by atoms with van der Waals surface area (Å²) in [7, 11) is 0. The fourth-order valence-electron chi connectivity index (χ4n) is 4.27. The Balaban J connectivity index is 1.49. The second-order valence-corrected chi connectivity index (χ2v) is 8.99.